The van der Waals surface area contributed by atoms with Gasteiger partial charge in [0.05, 0.1) is 11.1 Å². The lowest BCUT2D eigenvalue weighted by molar-refractivity contribution is -0.149. The molecule has 1 fully saturated rings. The van der Waals surface area contributed by atoms with E-state index in [2.05, 4.69) is 0 Å². The molecule has 0 aromatic heterocycles. The maximum Gasteiger partial charge on any atom is 0.317 e. The summed E-state index contributed by atoms with van der Waals surface area (Å²) in [6, 6.07) is 19.2. The first-order valence-corrected chi connectivity index (χ1v) is 9.79. The lowest BCUT2D eigenvalue weighted by atomic mass is 9.96. The molecule has 1 aliphatic carbocycles. The van der Waals surface area contributed by atoms with Crippen LogP contribution in [0.3, 0.4) is 0 Å². The van der Waals surface area contributed by atoms with Crippen LogP contribution in [0, 0.1) is 11.3 Å². The van der Waals surface area contributed by atoms with E-state index in [1.54, 1.807) is 0 Å². The number of ketones is 1. The third kappa shape index (κ3) is 3.08. The number of anilines is 1. The second kappa shape index (κ2) is 7.17. The van der Waals surface area contributed by atoms with Gasteiger partial charge in [-0.1, -0.05) is 54.2 Å². The maximum absolute atomic E-state index is 12.6. The van der Waals surface area contributed by atoms with Crippen molar-refractivity contribution in [2.24, 2.45) is 0 Å². The number of carbonyl (C=O) groups excluding carboxylic acids is 2. The number of thioether (sulfide) groups is 1. The molecule has 2 aromatic carbocycles. The zero-order valence-electron chi connectivity index (χ0n) is 15.3. The molecule has 6 heteroatoms. The smallest absolute Gasteiger partial charge is 0.317 e. The van der Waals surface area contributed by atoms with Gasteiger partial charge in [0.2, 0.25) is 5.78 Å². The molecule has 28 heavy (non-hydrogen) atoms. The Kier molecular flexibility index (Phi) is 4.70. The Hall–Kier alpha value is -3.04. The predicted octanol–water partition coefficient (Wildman–Crippen LogP) is 3.81. The molecule has 0 saturated heterocycles. The summed E-state index contributed by atoms with van der Waals surface area (Å²) in [7, 11) is 1.82. The monoisotopic (exact) mass is 390 g/mol. The number of rotatable bonds is 5. The van der Waals surface area contributed by atoms with Crippen molar-refractivity contribution in [3.05, 3.63) is 70.8 Å². The minimum atomic E-state index is -0.642. The topological polar surface area (TPSA) is 70.4 Å². The van der Waals surface area contributed by atoms with Crippen molar-refractivity contribution in [3.63, 3.8) is 0 Å². The van der Waals surface area contributed by atoms with Gasteiger partial charge in [-0.25, -0.2) is 0 Å². The van der Waals surface area contributed by atoms with Crippen LogP contribution in [0.1, 0.15) is 18.4 Å². The van der Waals surface area contributed by atoms with Crippen molar-refractivity contribution in [1.82, 2.24) is 0 Å². The highest BCUT2D eigenvalue weighted by Crippen LogP contribution is 2.49. The summed E-state index contributed by atoms with van der Waals surface area (Å²) < 4.78 is 5.34. The second-order valence-electron chi connectivity index (χ2n) is 6.87. The second-order valence-corrected chi connectivity index (χ2v) is 7.90. The molecule has 4 rings (SSSR count). The van der Waals surface area contributed by atoms with E-state index in [9.17, 15) is 14.9 Å². The quantitative estimate of drug-likeness (QED) is 0.439. The molecule has 0 atom stereocenters. The SMILES string of the molecule is CN1C(=C(C#N)C(=O)COC(=O)C2(c3ccccc3)CC2)Sc2ccccc21. The summed E-state index contributed by atoms with van der Waals surface area (Å²) in [5.41, 5.74) is 1.23. The van der Waals surface area contributed by atoms with E-state index in [1.165, 1.54) is 11.8 Å². The van der Waals surface area contributed by atoms with Crippen LogP contribution in [-0.4, -0.2) is 25.4 Å². The molecular weight excluding hydrogens is 372 g/mol. The van der Waals surface area contributed by atoms with Gasteiger partial charge in [-0.2, -0.15) is 5.26 Å². The van der Waals surface area contributed by atoms with Crippen LogP contribution >= 0.6 is 11.8 Å². The molecule has 0 N–H and O–H groups in total. The molecule has 0 amide bonds. The van der Waals surface area contributed by atoms with Gasteiger partial charge in [-0.15, -0.1) is 0 Å². The van der Waals surface area contributed by atoms with Crippen LogP contribution in [0.15, 0.2) is 70.1 Å². The van der Waals surface area contributed by atoms with E-state index in [-0.39, 0.29) is 5.57 Å². The third-order valence-electron chi connectivity index (χ3n) is 5.14. The van der Waals surface area contributed by atoms with Crippen LogP contribution in [0.5, 0.6) is 0 Å². The molecule has 2 aromatic rings. The summed E-state index contributed by atoms with van der Waals surface area (Å²) in [5, 5.41) is 10.1. The number of ether oxygens (including phenoxy) is 1. The molecule has 5 nitrogen and oxygen atoms in total. The van der Waals surface area contributed by atoms with Crippen LogP contribution < -0.4 is 4.90 Å². The van der Waals surface area contributed by atoms with E-state index < -0.39 is 23.8 Å². The Morgan fingerprint density at radius 2 is 1.82 bits per heavy atom. The lowest BCUT2D eigenvalue weighted by Crippen LogP contribution is -2.27. The number of hydrogen-bond donors (Lipinski definition) is 0. The fourth-order valence-electron chi connectivity index (χ4n) is 3.39. The molecule has 1 saturated carbocycles. The van der Waals surface area contributed by atoms with Crippen LogP contribution in [-0.2, 0) is 19.7 Å². The van der Waals surface area contributed by atoms with Gasteiger partial charge in [0.1, 0.15) is 16.7 Å². The fourth-order valence-corrected chi connectivity index (χ4v) is 4.55. The molecule has 1 aliphatic heterocycles. The average molecular weight is 390 g/mol. The van der Waals surface area contributed by atoms with E-state index in [4.69, 9.17) is 4.74 Å². The highest BCUT2D eigenvalue weighted by Gasteiger charge is 2.52. The minimum Gasteiger partial charge on any atom is -0.457 e. The summed E-state index contributed by atoms with van der Waals surface area (Å²) in [5.74, 6) is -0.882. The number of benzene rings is 2. The Labute approximate surface area is 167 Å². The van der Waals surface area contributed by atoms with E-state index in [1.807, 2.05) is 72.6 Å². The first kappa shape index (κ1) is 18.3. The first-order chi connectivity index (χ1) is 13.6. The largest absolute Gasteiger partial charge is 0.457 e. The Morgan fingerprint density at radius 1 is 1.14 bits per heavy atom. The number of Topliss-reactive ketones (excluding diaryl/α,β-unsaturated/α-hetero) is 1. The highest BCUT2D eigenvalue weighted by atomic mass is 32.2. The number of nitriles is 1. The van der Waals surface area contributed by atoms with E-state index in [0.717, 1.165) is 16.1 Å². The molecule has 0 unspecified atom stereocenters. The average Bonchev–Trinajstić information content (AvgIpc) is 3.48. The number of hydrogen-bond acceptors (Lipinski definition) is 6. The number of para-hydroxylation sites is 1. The normalized spacial score (nSPS) is 18.1. The van der Waals surface area contributed by atoms with Gasteiger partial charge < -0.3 is 9.64 Å². The van der Waals surface area contributed by atoms with Crippen molar-refractivity contribution in [1.29, 1.82) is 5.26 Å². The summed E-state index contributed by atoms with van der Waals surface area (Å²) in [4.78, 5) is 28.1. The number of carbonyl (C=O) groups is 2. The van der Waals surface area contributed by atoms with Gasteiger partial charge in [0, 0.05) is 11.9 Å². The zero-order valence-corrected chi connectivity index (χ0v) is 16.2. The first-order valence-electron chi connectivity index (χ1n) is 8.98. The standard InChI is InChI=1S/C22H18N2O3S/c1-24-17-9-5-6-10-19(17)28-20(24)16(13-23)18(25)14-27-21(26)22(11-12-22)15-7-3-2-4-8-15/h2-10H,11-12,14H2,1H3. The lowest BCUT2D eigenvalue weighted by Gasteiger charge is -2.16. The van der Waals surface area contributed by atoms with Crippen LogP contribution in [0.25, 0.3) is 0 Å². The number of fused-ring (bicyclic) bond motifs is 1. The van der Waals surface area contributed by atoms with Crippen LogP contribution in [0.4, 0.5) is 5.69 Å². The van der Waals surface area contributed by atoms with E-state index >= 15 is 0 Å². The predicted molar refractivity (Wildman–Crippen MR) is 107 cm³/mol. The number of esters is 1. The summed E-state index contributed by atoms with van der Waals surface area (Å²) in [6.45, 7) is -0.426. The van der Waals surface area contributed by atoms with Gasteiger partial charge in [-0.05, 0) is 30.5 Å². The van der Waals surface area contributed by atoms with Crippen molar-refractivity contribution in [2.45, 2.75) is 23.2 Å². The molecule has 2 aliphatic rings. The van der Waals surface area contributed by atoms with Gasteiger partial charge in [0.15, 0.2) is 6.61 Å². The molecule has 1 heterocycles. The summed E-state index contributed by atoms with van der Waals surface area (Å²) in [6.07, 6.45) is 1.42. The fraction of sp³-hybridized carbons (Fsp3) is 0.227. The van der Waals surface area contributed by atoms with Crippen molar-refractivity contribution in [2.75, 3.05) is 18.6 Å². The third-order valence-corrected chi connectivity index (χ3v) is 6.38. The maximum atomic E-state index is 12.6. The molecule has 140 valence electrons. The minimum absolute atomic E-state index is 0.0149. The Bertz CT molecular complexity index is 1020. The summed E-state index contributed by atoms with van der Waals surface area (Å²) >= 11 is 1.38. The van der Waals surface area contributed by atoms with Crippen molar-refractivity contribution < 1.29 is 14.3 Å². The Morgan fingerprint density at radius 3 is 2.46 bits per heavy atom. The van der Waals surface area contributed by atoms with E-state index in [0.29, 0.717) is 17.9 Å². The van der Waals surface area contributed by atoms with Gasteiger partial charge in [-0.3, -0.25) is 9.59 Å². The molecule has 0 bridgehead atoms. The van der Waals surface area contributed by atoms with Crippen molar-refractivity contribution in [3.8, 4) is 6.07 Å². The van der Waals surface area contributed by atoms with Gasteiger partial charge >= 0.3 is 5.97 Å². The zero-order chi connectivity index (χ0) is 19.7. The Balaban J connectivity index is 1.48. The van der Waals surface area contributed by atoms with Crippen LogP contribution in [0.2, 0.25) is 0 Å². The molecular formula is C22H18N2O3S. The number of nitrogens with zero attached hydrogens (tertiary/aromatic N) is 2. The van der Waals surface area contributed by atoms with Crippen molar-refractivity contribution >= 4 is 29.2 Å². The highest BCUT2D eigenvalue weighted by molar-refractivity contribution is 8.03. The van der Waals surface area contributed by atoms with Gasteiger partial charge in [0.25, 0.3) is 0 Å². The molecule has 0 spiro atoms. The molecule has 0 radical (unpaired) electrons.